The number of halogens is 2. The van der Waals surface area contributed by atoms with E-state index >= 15 is 0 Å². The van der Waals surface area contributed by atoms with Crippen LogP contribution in [0.5, 0.6) is 11.6 Å². The van der Waals surface area contributed by atoms with Crippen LogP contribution in [-0.4, -0.2) is 16.5 Å². The Morgan fingerprint density at radius 2 is 2.05 bits per heavy atom. The van der Waals surface area contributed by atoms with Gasteiger partial charge in [0.15, 0.2) is 0 Å². The topological polar surface area (TPSA) is 47.0 Å². The van der Waals surface area contributed by atoms with Crippen LogP contribution in [0.4, 0.5) is 5.82 Å². The molecule has 6 heteroatoms. The zero-order valence-electron chi connectivity index (χ0n) is 11.5. The smallest absolute Gasteiger partial charge is 0.227 e. The Bertz CT molecular complexity index is 634. The monoisotopic (exact) mass is 355 g/mol. The number of ether oxygens (including phenoxy) is 1. The van der Waals surface area contributed by atoms with Crippen LogP contribution in [0.15, 0.2) is 22.7 Å². The first kappa shape index (κ1) is 15.1. The second-order valence-electron chi connectivity index (χ2n) is 4.26. The summed E-state index contributed by atoms with van der Waals surface area (Å²) in [6.07, 6.45) is 0. The Kier molecular flexibility index (Phi) is 4.83. The van der Waals surface area contributed by atoms with Gasteiger partial charge in [-0.25, -0.2) is 4.98 Å². The molecule has 1 aromatic heterocycles. The lowest BCUT2D eigenvalue weighted by atomic mass is 10.3. The summed E-state index contributed by atoms with van der Waals surface area (Å²) in [5.41, 5.74) is 0.874. The van der Waals surface area contributed by atoms with E-state index in [0.717, 1.165) is 22.4 Å². The summed E-state index contributed by atoms with van der Waals surface area (Å²) in [5, 5.41) is 3.85. The number of hydrogen-bond donors (Lipinski definition) is 1. The third kappa shape index (κ3) is 3.41. The molecule has 0 unspecified atom stereocenters. The number of aryl methyl sites for hydroxylation is 1. The number of nitrogens with zero attached hydrogens (tertiary/aromatic N) is 2. The zero-order valence-corrected chi connectivity index (χ0v) is 13.8. The first-order chi connectivity index (χ1) is 9.51. The molecule has 0 aliphatic rings. The van der Waals surface area contributed by atoms with Crippen molar-refractivity contribution in [1.82, 2.24) is 9.97 Å². The van der Waals surface area contributed by atoms with Crippen LogP contribution in [0.25, 0.3) is 0 Å². The number of benzene rings is 1. The Morgan fingerprint density at radius 3 is 2.70 bits per heavy atom. The number of nitrogens with one attached hydrogen (secondary N) is 1. The molecule has 0 bridgehead atoms. The van der Waals surface area contributed by atoms with E-state index < -0.39 is 0 Å². The molecule has 0 radical (unpaired) electrons. The van der Waals surface area contributed by atoms with Crippen LogP contribution < -0.4 is 10.1 Å². The lowest BCUT2D eigenvalue weighted by molar-refractivity contribution is 0.453. The van der Waals surface area contributed by atoms with Gasteiger partial charge in [-0.05, 0) is 54.9 Å². The largest absolute Gasteiger partial charge is 0.437 e. The predicted octanol–water partition coefficient (Wildman–Crippen LogP) is 4.73. The Hall–Kier alpha value is -1.33. The highest BCUT2D eigenvalue weighted by Crippen LogP contribution is 2.33. The fourth-order valence-electron chi connectivity index (χ4n) is 1.70. The van der Waals surface area contributed by atoms with E-state index in [-0.39, 0.29) is 0 Å². The van der Waals surface area contributed by atoms with Crippen LogP contribution in [0.2, 0.25) is 5.02 Å². The lowest BCUT2D eigenvalue weighted by Crippen LogP contribution is -2.06. The zero-order chi connectivity index (χ0) is 14.7. The van der Waals surface area contributed by atoms with Gasteiger partial charge in [0.05, 0.1) is 10.0 Å². The first-order valence-corrected chi connectivity index (χ1v) is 7.40. The van der Waals surface area contributed by atoms with Crippen molar-refractivity contribution in [1.29, 1.82) is 0 Å². The van der Waals surface area contributed by atoms with Gasteiger partial charge in [0, 0.05) is 11.6 Å². The maximum atomic E-state index is 5.92. The molecule has 106 valence electrons. The highest BCUT2D eigenvalue weighted by molar-refractivity contribution is 9.10. The van der Waals surface area contributed by atoms with E-state index in [9.17, 15) is 0 Å². The highest BCUT2D eigenvalue weighted by Gasteiger charge is 2.12. The summed E-state index contributed by atoms with van der Waals surface area (Å²) in [4.78, 5) is 8.71. The molecular weight excluding hydrogens is 342 g/mol. The average Bonchev–Trinajstić information content (AvgIpc) is 2.38. The third-order valence-electron chi connectivity index (χ3n) is 2.66. The maximum Gasteiger partial charge on any atom is 0.227 e. The van der Waals surface area contributed by atoms with Gasteiger partial charge in [-0.2, -0.15) is 4.98 Å². The van der Waals surface area contributed by atoms with Gasteiger partial charge in [-0.3, -0.25) is 0 Å². The van der Waals surface area contributed by atoms with Crippen molar-refractivity contribution < 1.29 is 4.74 Å². The minimum absolute atomic E-state index is 0.538. The second kappa shape index (κ2) is 6.41. The molecule has 0 amide bonds. The van der Waals surface area contributed by atoms with Crippen molar-refractivity contribution in [3.63, 3.8) is 0 Å². The summed E-state index contributed by atoms with van der Waals surface area (Å²) in [7, 11) is 0. The molecular formula is C14H15BrClN3O. The number of anilines is 1. The van der Waals surface area contributed by atoms with Crippen LogP contribution in [-0.2, 0) is 0 Å². The SMILES string of the molecule is CCNc1nc(C)nc(Oc2ccc(Cl)cc2Br)c1C. The normalized spacial score (nSPS) is 10.4. The van der Waals surface area contributed by atoms with E-state index in [1.807, 2.05) is 20.8 Å². The molecule has 0 atom stereocenters. The molecule has 1 heterocycles. The average molecular weight is 357 g/mol. The fraction of sp³-hybridized carbons (Fsp3) is 0.286. The van der Waals surface area contributed by atoms with Gasteiger partial charge in [0.25, 0.3) is 0 Å². The lowest BCUT2D eigenvalue weighted by Gasteiger charge is -2.13. The van der Waals surface area contributed by atoms with E-state index in [1.165, 1.54) is 0 Å². The van der Waals surface area contributed by atoms with Crippen LogP contribution in [0.3, 0.4) is 0 Å². The third-order valence-corrected chi connectivity index (χ3v) is 3.51. The number of hydrogen-bond acceptors (Lipinski definition) is 4. The molecule has 0 fully saturated rings. The van der Waals surface area contributed by atoms with Gasteiger partial charge >= 0.3 is 0 Å². The fourth-order valence-corrected chi connectivity index (χ4v) is 2.47. The van der Waals surface area contributed by atoms with Crippen LogP contribution in [0.1, 0.15) is 18.3 Å². The minimum atomic E-state index is 0.538. The van der Waals surface area contributed by atoms with Gasteiger partial charge in [0.2, 0.25) is 5.88 Å². The maximum absolute atomic E-state index is 5.92. The van der Waals surface area contributed by atoms with Crippen molar-refractivity contribution >= 4 is 33.3 Å². The second-order valence-corrected chi connectivity index (χ2v) is 5.55. The van der Waals surface area contributed by atoms with Crippen molar-refractivity contribution in [2.45, 2.75) is 20.8 Å². The first-order valence-electron chi connectivity index (χ1n) is 6.23. The summed E-state index contributed by atoms with van der Waals surface area (Å²) >= 11 is 9.35. The van der Waals surface area contributed by atoms with Crippen molar-refractivity contribution in [2.75, 3.05) is 11.9 Å². The predicted molar refractivity (Wildman–Crippen MR) is 84.9 cm³/mol. The van der Waals surface area contributed by atoms with Crippen molar-refractivity contribution in [3.8, 4) is 11.6 Å². The molecule has 0 aliphatic heterocycles. The molecule has 1 aromatic carbocycles. The summed E-state index contributed by atoms with van der Waals surface area (Å²) in [6.45, 7) is 6.58. The van der Waals surface area contributed by atoms with Gasteiger partial charge in [-0.1, -0.05) is 11.6 Å². The standard InChI is InChI=1S/C14H15BrClN3O/c1-4-17-13-8(2)14(19-9(3)18-13)20-12-6-5-10(16)7-11(12)15/h5-7H,4H2,1-3H3,(H,17,18,19). The quantitative estimate of drug-likeness (QED) is 0.860. The highest BCUT2D eigenvalue weighted by atomic mass is 79.9. The molecule has 4 nitrogen and oxygen atoms in total. The van der Waals surface area contributed by atoms with E-state index in [1.54, 1.807) is 18.2 Å². The van der Waals surface area contributed by atoms with Gasteiger partial charge in [-0.15, -0.1) is 0 Å². The molecule has 20 heavy (non-hydrogen) atoms. The van der Waals surface area contributed by atoms with E-state index in [4.69, 9.17) is 16.3 Å². The van der Waals surface area contributed by atoms with Crippen molar-refractivity contribution in [3.05, 3.63) is 39.1 Å². The molecule has 2 aromatic rings. The molecule has 0 aliphatic carbocycles. The van der Waals surface area contributed by atoms with Crippen molar-refractivity contribution in [2.24, 2.45) is 0 Å². The molecule has 1 N–H and O–H groups in total. The molecule has 0 saturated carbocycles. The molecule has 2 rings (SSSR count). The summed E-state index contributed by atoms with van der Waals surface area (Å²) < 4.78 is 6.65. The van der Waals surface area contributed by atoms with Gasteiger partial charge < -0.3 is 10.1 Å². The van der Waals surface area contributed by atoms with Crippen LogP contribution in [0, 0.1) is 13.8 Å². The Morgan fingerprint density at radius 1 is 1.30 bits per heavy atom. The Balaban J connectivity index is 2.37. The molecule has 0 saturated heterocycles. The number of rotatable bonds is 4. The minimum Gasteiger partial charge on any atom is -0.437 e. The summed E-state index contributed by atoms with van der Waals surface area (Å²) in [5.74, 6) is 2.65. The summed E-state index contributed by atoms with van der Waals surface area (Å²) in [6, 6.07) is 5.36. The molecule has 0 spiro atoms. The van der Waals surface area contributed by atoms with E-state index in [0.29, 0.717) is 22.5 Å². The van der Waals surface area contributed by atoms with Crippen LogP contribution >= 0.6 is 27.5 Å². The van der Waals surface area contributed by atoms with E-state index in [2.05, 4.69) is 31.2 Å². The van der Waals surface area contributed by atoms with Gasteiger partial charge in [0.1, 0.15) is 17.4 Å². The number of aromatic nitrogens is 2. The Labute approximate surface area is 131 Å².